The number of halogens is 1. The third kappa shape index (κ3) is 4.61. The average Bonchev–Trinajstić information content (AvgIpc) is 2.65. The number of rotatable bonds is 7. The van der Waals surface area contributed by atoms with Gasteiger partial charge in [-0.3, -0.25) is 4.79 Å². The molecule has 0 aliphatic carbocycles. The summed E-state index contributed by atoms with van der Waals surface area (Å²) in [5.74, 6) is 0.231. The molecule has 3 N–H and O–H groups in total. The van der Waals surface area contributed by atoms with Gasteiger partial charge in [0.15, 0.2) is 0 Å². The molecule has 0 saturated carbocycles. The molecule has 0 aromatic heterocycles. The van der Waals surface area contributed by atoms with E-state index in [1.54, 1.807) is 12.1 Å². The van der Waals surface area contributed by atoms with Crippen LogP contribution in [0, 0.1) is 11.2 Å². The van der Waals surface area contributed by atoms with E-state index in [0.717, 1.165) is 24.4 Å². The number of nitrogens with one attached hydrogen (secondary N) is 1. The van der Waals surface area contributed by atoms with Crippen molar-refractivity contribution in [3.8, 4) is 5.75 Å². The van der Waals surface area contributed by atoms with Crippen molar-refractivity contribution < 1.29 is 13.9 Å². The molecule has 2 aromatic carbocycles. The zero-order valence-corrected chi connectivity index (χ0v) is 14.8. The van der Waals surface area contributed by atoms with E-state index in [2.05, 4.69) is 5.32 Å². The van der Waals surface area contributed by atoms with Crippen molar-refractivity contribution in [3.05, 3.63) is 66.0 Å². The Morgan fingerprint density at radius 3 is 2.38 bits per heavy atom. The summed E-state index contributed by atoms with van der Waals surface area (Å²) in [6.45, 7) is 1.55. The molecule has 0 spiro atoms. The summed E-state index contributed by atoms with van der Waals surface area (Å²) in [5, 5.41) is 3.28. The fourth-order valence-electron chi connectivity index (χ4n) is 3.62. The average molecular weight is 356 g/mol. The van der Waals surface area contributed by atoms with Gasteiger partial charge in [-0.25, -0.2) is 4.39 Å². The van der Waals surface area contributed by atoms with Gasteiger partial charge in [-0.1, -0.05) is 30.3 Å². The summed E-state index contributed by atoms with van der Waals surface area (Å²) in [6, 6.07) is 16.0. The topological polar surface area (TPSA) is 64.4 Å². The van der Waals surface area contributed by atoms with Gasteiger partial charge in [-0.05, 0) is 62.2 Å². The fourth-order valence-corrected chi connectivity index (χ4v) is 3.62. The van der Waals surface area contributed by atoms with Crippen molar-refractivity contribution in [2.24, 2.45) is 11.1 Å². The lowest BCUT2D eigenvalue weighted by molar-refractivity contribution is -0.131. The molecule has 1 aliphatic heterocycles. The van der Waals surface area contributed by atoms with E-state index >= 15 is 0 Å². The van der Waals surface area contributed by atoms with Crippen molar-refractivity contribution in [1.29, 1.82) is 0 Å². The second-order valence-corrected chi connectivity index (χ2v) is 6.98. The van der Waals surface area contributed by atoms with Gasteiger partial charge < -0.3 is 15.8 Å². The van der Waals surface area contributed by atoms with Crippen LogP contribution in [0.2, 0.25) is 0 Å². The van der Waals surface area contributed by atoms with Crippen LogP contribution in [-0.4, -0.2) is 25.1 Å². The van der Waals surface area contributed by atoms with E-state index in [0.29, 0.717) is 25.7 Å². The first-order valence-corrected chi connectivity index (χ1v) is 9.04. The highest BCUT2D eigenvalue weighted by atomic mass is 19.1. The molecule has 1 heterocycles. The number of carbonyl (C=O) groups is 1. The lowest BCUT2D eigenvalue weighted by atomic mass is 9.73. The summed E-state index contributed by atoms with van der Waals surface area (Å²) in [4.78, 5) is 12.3. The van der Waals surface area contributed by atoms with Gasteiger partial charge in [0, 0.05) is 6.42 Å². The molecule has 138 valence electrons. The monoisotopic (exact) mass is 356 g/mol. The minimum absolute atomic E-state index is 0.214. The van der Waals surface area contributed by atoms with Crippen LogP contribution in [0.1, 0.15) is 24.8 Å². The number of carbonyl (C=O) groups excluding carboxylic acids is 1. The molecule has 0 radical (unpaired) electrons. The minimum Gasteiger partial charge on any atom is -0.490 e. The first kappa shape index (κ1) is 18.4. The molecular weight excluding hydrogens is 331 g/mol. The molecule has 1 atom stereocenters. The van der Waals surface area contributed by atoms with Crippen LogP contribution in [0.3, 0.4) is 0 Å². The van der Waals surface area contributed by atoms with Gasteiger partial charge >= 0.3 is 0 Å². The predicted molar refractivity (Wildman–Crippen MR) is 99.3 cm³/mol. The Labute approximate surface area is 153 Å². The van der Waals surface area contributed by atoms with Crippen molar-refractivity contribution in [2.45, 2.75) is 31.8 Å². The Kier molecular flexibility index (Phi) is 5.89. The summed E-state index contributed by atoms with van der Waals surface area (Å²) in [5.41, 5.74) is 6.19. The van der Waals surface area contributed by atoms with Gasteiger partial charge in [0.05, 0.1) is 5.41 Å². The number of benzene rings is 2. The third-order valence-corrected chi connectivity index (χ3v) is 5.12. The van der Waals surface area contributed by atoms with Crippen LogP contribution in [-0.2, 0) is 11.2 Å². The Hall–Kier alpha value is -2.40. The number of primary amides is 1. The molecule has 1 unspecified atom stereocenters. The number of ether oxygens (including phenoxy) is 1. The summed E-state index contributed by atoms with van der Waals surface area (Å²) in [6.07, 6.45) is 2.35. The fraction of sp³-hybridized carbons (Fsp3) is 0.381. The van der Waals surface area contributed by atoms with Gasteiger partial charge in [0.2, 0.25) is 5.91 Å². The molecular formula is C21H25FN2O2. The lowest BCUT2D eigenvalue weighted by Gasteiger charge is -2.37. The van der Waals surface area contributed by atoms with Gasteiger partial charge in [0.1, 0.15) is 17.7 Å². The van der Waals surface area contributed by atoms with Gasteiger partial charge in [0.25, 0.3) is 0 Å². The molecule has 0 bridgehead atoms. The van der Waals surface area contributed by atoms with Gasteiger partial charge in [-0.2, -0.15) is 0 Å². The van der Waals surface area contributed by atoms with Crippen LogP contribution in [0.4, 0.5) is 4.39 Å². The summed E-state index contributed by atoms with van der Waals surface area (Å²) in [7, 11) is 0. The quantitative estimate of drug-likeness (QED) is 0.801. The van der Waals surface area contributed by atoms with Crippen molar-refractivity contribution in [3.63, 3.8) is 0 Å². The maximum absolute atomic E-state index is 13.2. The van der Waals surface area contributed by atoms with Crippen LogP contribution < -0.4 is 15.8 Å². The van der Waals surface area contributed by atoms with E-state index < -0.39 is 5.41 Å². The second kappa shape index (κ2) is 8.32. The van der Waals surface area contributed by atoms with Crippen LogP contribution in [0.25, 0.3) is 0 Å². The first-order valence-electron chi connectivity index (χ1n) is 9.04. The third-order valence-electron chi connectivity index (χ3n) is 5.12. The van der Waals surface area contributed by atoms with Crippen molar-refractivity contribution in [1.82, 2.24) is 5.32 Å². The van der Waals surface area contributed by atoms with Crippen molar-refractivity contribution in [2.75, 3.05) is 13.1 Å². The van der Waals surface area contributed by atoms with E-state index in [-0.39, 0.29) is 17.8 Å². The highest BCUT2D eigenvalue weighted by Crippen LogP contribution is 2.35. The molecule has 2 aromatic rings. The molecule has 1 fully saturated rings. The first-order chi connectivity index (χ1) is 12.6. The Balaban J connectivity index is 1.81. The van der Waals surface area contributed by atoms with E-state index in [1.165, 1.54) is 12.1 Å². The molecule has 1 amide bonds. The number of amides is 1. The van der Waals surface area contributed by atoms with Crippen LogP contribution >= 0.6 is 0 Å². The van der Waals surface area contributed by atoms with E-state index in [9.17, 15) is 9.18 Å². The molecule has 5 heteroatoms. The maximum atomic E-state index is 13.2. The van der Waals surface area contributed by atoms with Crippen molar-refractivity contribution >= 4 is 5.91 Å². The number of piperidine rings is 1. The van der Waals surface area contributed by atoms with Crippen LogP contribution in [0.5, 0.6) is 5.75 Å². The minimum atomic E-state index is -0.565. The zero-order chi connectivity index (χ0) is 18.4. The molecule has 4 nitrogen and oxygen atoms in total. The van der Waals surface area contributed by atoms with E-state index in [4.69, 9.17) is 10.5 Å². The Morgan fingerprint density at radius 2 is 1.77 bits per heavy atom. The predicted octanol–water partition coefficient (Wildman–Crippen LogP) is 3.06. The number of para-hydroxylation sites is 1. The largest absolute Gasteiger partial charge is 0.490 e. The Bertz CT molecular complexity index is 713. The molecule has 3 rings (SSSR count). The highest BCUT2D eigenvalue weighted by Gasteiger charge is 2.40. The zero-order valence-electron chi connectivity index (χ0n) is 14.8. The molecule has 1 aliphatic rings. The second-order valence-electron chi connectivity index (χ2n) is 6.98. The maximum Gasteiger partial charge on any atom is 0.223 e. The summed E-state index contributed by atoms with van der Waals surface area (Å²) >= 11 is 0. The summed E-state index contributed by atoms with van der Waals surface area (Å²) < 4.78 is 19.4. The number of nitrogens with two attached hydrogens (primary N) is 1. The smallest absolute Gasteiger partial charge is 0.223 e. The molecule has 26 heavy (non-hydrogen) atoms. The van der Waals surface area contributed by atoms with Crippen LogP contribution in [0.15, 0.2) is 54.6 Å². The number of hydrogen-bond donors (Lipinski definition) is 2. The Morgan fingerprint density at radius 1 is 1.12 bits per heavy atom. The normalized spacial score (nSPS) is 17.4. The SMILES string of the molecule is NC(=O)C1(CC(Cc2ccc(F)cc2)Oc2ccccc2)CCNCC1. The highest BCUT2D eigenvalue weighted by molar-refractivity contribution is 5.81. The number of hydrogen-bond acceptors (Lipinski definition) is 3. The van der Waals surface area contributed by atoms with Gasteiger partial charge in [-0.15, -0.1) is 0 Å². The van der Waals surface area contributed by atoms with E-state index in [1.807, 2.05) is 30.3 Å². The molecule has 1 saturated heterocycles. The standard InChI is InChI=1S/C21H25FN2O2/c22-17-8-6-16(7-9-17)14-19(26-18-4-2-1-3-5-18)15-21(20(23)25)10-12-24-13-11-21/h1-9,19,24H,10-15H2,(H2,23,25). The lowest BCUT2D eigenvalue weighted by Crippen LogP contribution is -2.48.